The first-order chi connectivity index (χ1) is 12.3. The van der Waals surface area contributed by atoms with Gasteiger partial charge in [-0.25, -0.2) is 4.79 Å². The molecule has 2 amide bonds. The van der Waals surface area contributed by atoms with Crippen molar-refractivity contribution in [3.8, 4) is 5.75 Å². The number of ether oxygens (including phenoxy) is 1. The van der Waals surface area contributed by atoms with E-state index in [-0.39, 0.29) is 6.03 Å². The van der Waals surface area contributed by atoms with Gasteiger partial charge in [0.05, 0.1) is 7.11 Å². The number of hydrogen-bond acceptors (Lipinski definition) is 4. The largest absolute Gasteiger partial charge is 0.496 e. The number of hydrogen-bond donors (Lipinski definition) is 1. The zero-order valence-electron chi connectivity index (χ0n) is 14.6. The molecule has 1 aromatic heterocycles. The minimum Gasteiger partial charge on any atom is -0.496 e. The Morgan fingerprint density at radius 2 is 1.96 bits per heavy atom. The summed E-state index contributed by atoms with van der Waals surface area (Å²) in [5.41, 5.74) is 1.12. The molecule has 0 unspecified atom stereocenters. The fourth-order valence-corrected chi connectivity index (χ4v) is 3.80. The van der Waals surface area contributed by atoms with E-state index < -0.39 is 0 Å². The molecule has 0 bridgehead atoms. The van der Waals surface area contributed by atoms with E-state index in [1.54, 1.807) is 18.4 Å². The highest BCUT2D eigenvalue weighted by molar-refractivity contribution is 7.09. The van der Waals surface area contributed by atoms with Crippen molar-refractivity contribution in [2.45, 2.75) is 13.0 Å². The van der Waals surface area contributed by atoms with E-state index in [0.29, 0.717) is 6.54 Å². The monoisotopic (exact) mass is 359 g/mol. The predicted molar refractivity (Wildman–Crippen MR) is 101 cm³/mol. The number of thiophene rings is 1. The molecule has 25 heavy (non-hydrogen) atoms. The lowest BCUT2D eigenvalue weighted by Crippen LogP contribution is -2.51. The van der Waals surface area contributed by atoms with Crippen LogP contribution in [0.15, 0.2) is 41.8 Å². The van der Waals surface area contributed by atoms with Crippen LogP contribution in [0.4, 0.5) is 4.79 Å². The molecular weight excluding hydrogens is 334 g/mol. The van der Waals surface area contributed by atoms with Crippen LogP contribution in [0, 0.1) is 0 Å². The third kappa shape index (κ3) is 4.96. The molecule has 0 radical (unpaired) electrons. The number of amides is 2. The number of rotatable bonds is 6. The molecule has 2 heterocycles. The standard InChI is InChI=1S/C19H25N3O2S/c1-24-18-7-3-2-5-16(18)8-9-20-19(23)22-12-10-21(11-13-22)15-17-6-4-14-25-17/h2-7,14H,8-13,15H2,1H3,(H,20,23). The number of benzene rings is 1. The molecule has 0 aliphatic carbocycles. The van der Waals surface area contributed by atoms with Gasteiger partial charge in [-0.05, 0) is 29.5 Å². The van der Waals surface area contributed by atoms with Crippen LogP contribution in [-0.4, -0.2) is 55.7 Å². The maximum Gasteiger partial charge on any atom is 0.317 e. The number of nitrogens with one attached hydrogen (secondary N) is 1. The van der Waals surface area contributed by atoms with Crippen LogP contribution in [0.1, 0.15) is 10.4 Å². The average Bonchev–Trinajstić information content (AvgIpc) is 3.15. The Labute approximate surface area is 153 Å². The second kappa shape index (κ2) is 8.87. The first-order valence-corrected chi connectivity index (χ1v) is 9.53. The molecule has 2 aromatic rings. The molecule has 1 fully saturated rings. The van der Waals surface area contributed by atoms with Crippen LogP contribution in [0.5, 0.6) is 5.75 Å². The highest BCUT2D eigenvalue weighted by Crippen LogP contribution is 2.17. The third-order valence-electron chi connectivity index (χ3n) is 4.48. The lowest BCUT2D eigenvalue weighted by molar-refractivity contribution is 0.136. The first kappa shape index (κ1) is 17.8. The highest BCUT2D eigenvalue weighted by Gasteiger charge is 2.21. The van der Waals surface area contributed by atoms with Gasteiger partial charge < -0.3 is 15.0 Å². The molecule has 6 heteroatoms. The van der Waals surface area contributed by atoms with Crippen LogP contribution >= 0.6 is 11.3 Å². The van der Waals surface area contributed by atoms with Gasteiger partial charge in [-0.15, -0.1) is 11.3 Å². The molecule has 1 aliphatic rings. The first-order valence-electron chi connectivity index (χ1n) is 8.65. The van der Waals surface area contributed by atoms with Crippen LogP contribution in [0.25, 0.3) is 0 Å². The molecule has 1 saturated heterocycles. The van der Waals surface area contributed by atoms with E-state index in [2.05, 4.69) is 27.7 Å². The Bertz CT molecular complexity index is 667. The summed E-state index contributed by atoms with van der Waals surface area (Å²) < 4.78 is 5.35. The number of piperazine rings is 1. The fraction of sp³-hybridized carbons (Fsp3) is 0.421. The van der Waals surface area contributed by atoms with E-state index in [9.17, 15) is 4.79 Å². The van der Waals surface area contributed by atoms with Gasteiger partial charge in [-0.2, -0.15) is 0 Å². The number of carbonyl (C=O) groups is 1. The van der Waals surface area contributed by atoms with Crippen molar-refractivity contribution in [3.05, 3.63) is 52.2 Å². The molecule has 0 spiro atoms. The highest BCUT2D eigenvalue weighted by atomic mass is 32.1. The summed E-state index contributed by atoms with van der Waals surface area (Å²) in [5, 5.41) is 5.14. The number of urea groups is 1. The van der Waals surface area contributed by atoms with E-state index in [4.69, 9.17) is 4.74 Å². The number of nitrogens with zero attached hydrogens (tertiary/aromatic N) is 2. The quantitative estimate of drug-likeness (QED) is 0.863. The van der Waals surface area contributed by atoms with E-state index in [0.717, 1.165) is 50.5 Å². The van der Waals surface area contributed by atoms with Gasteiger partial charge in [0.1, 0.15) is 5.75 Å². The van der Waals surface area contributed by atoms with Crippen molar-refractivity contribution in [1.29, 1.82) is 0 Å². The minimum atomic E-state index is 0.0330. The molecule has 1 aromatic carbocycles. The maximum atomic E-state index is 12.3. The molecule has 1 aliphatic heterocycles. The molecule has 134 valence electrons. The molecule has 5 nitrogen and oxygen atoms in total. The third-order valence-corrected chi connectivity index (χ3v) is 5.34. The van der Waals surface area contributed by atoms with Gasteiger partial charge in [0.25, 0.3) is 0 Å². The van der Waals surface area contributed by atoms with Gasteiger partial charge in [0, 0.05) is 44.1 Å². The molecule has 3 rings (SSSR count). The summed E-state index contributed by atoms with van der Waals surface area (Å²) in [5.74, 6) is 0.874. The van der Waals surface area contributed by atoms with Crippen LogP contribution in [0.2, 0.25) is 0 Å². The zero-order valence-corrected chi connectivity index (χ0v) is 15.4. The summed E-state index contributed by atoms with van der Waals surface area (Å²) in [7, 11) is 1.67. The van der Waals surface area contributed by atoms with Crippen LogP contribution in [0.3, 0.4) is 0 Å². The Morgan fingerprint density at radius 1 is 1.16 bits per heavy atom. The second-order valence-corrected chi connectivity index (χ2v) is 7.17. The summed E-state index contributed by atoms with van der Waals surface area (Å²) in [6.45, 7) is 5.03. The predicted octanol–water partition coefficient (Wildman–Crippen LogP) is 2.83. The fourth-order valence-electron chi connectivity index (χ4n) is 3.06. The van der Waals surface area contributed by atoms with Crippen molar-refractivity contribution in [2.24, 2.45) is 0 Å². The maximum absolute atomic E-state index is 12.3. The minimum absolute atomic E-state index is 0.0330. The van der Waals surface area contributed by atoms with Crippen molar-refractivity contribution in [3.63, 3.8) is 0 Å². The summed E-state index contributed by atoms with van der Waals surface area (Å²) in [6.07, 6.45) is 0.772. The molecule has 0 saturated carbocycles. The van der Waals surface area contributed by atoms with Crippen LogP contribution < -0.4 is 10.1 Å². The Morgan fingerprint density at radius 3 is 2.68 bits per heavy atom. The second-order valence-electron chi connectivity index (χ2n) is 6.14. The molecule has 0 atom stereocenters. The van der Waals surface area contributed by atoms with Gasteiger partial charge in [-0.1, -0.05) is 24.3 Å². The Hall–Kier alpha value is -2.05. The Balaban J connectivity index is 1.39. The van der Waals surface area contributed by atoms with Crippen LogP contribution in [-0.2, 0) is 13.0 Å². The van der Waals surface area contributed by atoms with Gasteiger partial charge in [0.2, 0.25) is 0 Å². The molecular formula is C19H25N3O2S. The molecule has 1 N–H and O–H groups in total. The summed E-state index contributed by atoms with van der Waals surface area (Å²) >= 11 is 1.79. The van der Waals surface area contributed by atoms with Gasteiger partial charge >= 0.3 is 6.03 Å². The lowest BCUT2D eigenvalue weighted by atomic mass is 10.1. The SMILES string of the molecule is COc1ccccc1CCNC(=O)N1CCN(Cc2cccs2)CC1. The average molecular weight is 359 g/mol. The zero-order chi connectivity index (χ0) is 17.5. The van der Waals surface area contributed by atoms with Crippen molar-refractivity contribution in [1.82, 2.24) is 15.1 Å². The van der Waals surface area contributed by atoms with E-state index in [1.807, 2.05) is 29.2 Å². The number of carbonyl (C=O) groups excluding carboxylic acids is 1. The summed E-state index contributed by atoms with van der Waals surface area (Å²) in [4.78, 5) is 18.0. The van der Waals surface area contributed by atoms with Gasteiger partial charge in [0.15, 0.2) is 0 Å². The van der Waals surface area contributed by atoms with Crippen molar-refractivity contribution in [2.75, 3.05) is 39.8 Å². The smallest absolute Gasteiger partial charge is 0.317 e. The normalized spacial score (nSPS) is 15.2. The topological polar surface area (TPSA) is 44.8 Å². The number of methoxy groups -OCH3 is 1. The number of para-hydroxylation sites is 1. The van der Waals surface area contributed by atoms with Crippen molar-refractivity contribution >= 4 is 17.4 Å². The summed E-state index contributed by atoms with van der Waals surface area (Å²) in [6, 6.07) is 12.2. The van der Waals surface area contributed by atoms with Gasteiger partial charge in [-0.3, -0.25) is 4.90 Å². The Kier molecular flexibility index (Phi) is 6.30. The van der Waals surface area contributed by atoms with E-state index in [1.165, 1.54) is 4.88 Å². The lowest BCUT2D eigenvalue weighted by Gasteiger charge is -2.34. The van der Waals surface area contributed by atoms with Crippen molar-refractivity contribution < 1.29 is 9.53 Å². The van der Waals surface area contributed by atoms with E-state index >= 15 is 0 Å².